The summed E-state index contributed by atoms with van der Waals surface area (Å²) in [6, 6.07) is 2.95. The first kappa shape index (κ1) is 12.0. The third-order valence-electron chi connectivity index (χ3n) is 3.35. The van der Waals surface area contributed by atoms with Gasteiger partial charge in [-0.3, -0.25) is 0 Å². The number of ether oxygens (including phenoxy) is 2. The molecule has 3 rings (SSSR count). The van der Waals surface area contributed by atoms with Crippen LogP contribution in [0.15, 0.2) is 12.1 Å². The van der Waals surface area contributed by atoms with Crippen LogP contribution in [0, 0.1) is 0 Å². The van der Waals surface area contributed by atoms with Crippen molar-refractivity contribution in [3.63, 3.8) is 0 Å². The number of halogens is 3. The first-order chi connectivity index (χ1) is 8.44. The molecule has 6 heteroatoms. The molecule has 98 valence electrons. The van der Waals surface area contributed by atoms with E-state index in [2.05, 4.69) is 0 Å². The van der Waals surface area contributed by atoms with Gasteiger partial charge < -0.3 is 15.2 Å². The predicted octanol–water partition coefficient (Wildman–Crippen LogP) is 2.69. The molecule has 0 aromatic heterocycles. The maximum absolute atomic E-state index is 13.3. The molecule has 1 aromatic carbocycles. The number of hydrogen-bond acceptors (Lipinski definition) is 3. The highest BCUT2D eigenvalue weighted by Gasteiger charge is 2.70. The minimum absolute atomic E-state index is 0.261. The fraction of sp³-hybridized carbons (Fsp3) is 0.500. The Morgan fingerprint density at radius 1 is 1.22 bits per heavy atom. The Kier molecular flexibility index (Phi) is 2.47. The van der Waals surface area contributed by atoms with Crippen LogP contribution < -0.4 is 15.2 Å². The van der Waals surface area contributed by atoms with Crippen LogP contribution >= 0.6 is 11.6 Å². The van der Waals surface area contributed by atoms with Crippen LogP contribution in [0.25, 0.3) is 0 Å². The van der Waals surface area contributed by atoms with Gasteiger partial charge in [0, 0.05) is 12.8 Å². The zero-order valence-corrected chi connectivity index (χ0v) is 10.3. The maximum atomic E-state index is 13.3. The van der Waals surface area contributed by atoms with Gasteiger partial charge in [0.05, 0.1) is 18.2 Å². The summed E-state index contributed by atoms with van der Waals surface area (Å²) in [6.45, 7) is 0.969. The lowest BCUT2D eigenvalue weighted by Crippen LogP contribution is -2.27. The number of nitrogens with two attached hydrogens (primary N) is 1. The first-order valence-corrected chi connectivity index (χ1v) is 6.08. The van der Waals surface area contributed by atoms with Crippen LogP contribution in [0.5, 0.6) is 11.5 Å². The van der Waals surface area contributed by atoms with Crippen LogP contribution in [0.4, 0.5) is 8.78 Å². The molecular weight excluding hydrogens is 264 g/mol. The van der Waals surface area contributed by atoms with Crippen molar-refractivity contribution in [3.05, 3.63) is 22.7 Å². The molecule has 1 saturated carbocycles. The SMILES string of the molecule is NC1(c2cc(Cl)c3c(c2)OCCCO3)CC1(F)F. The lowest BCUT2D eigenvalue weighted by atomic mass is 10.0. The fourth-order valence-electron chi connectivity index (χ4n) is 2.11. The van der Waals surface area contributed by atoms with Crippen molar-refractivity contribution in [2.75, 3.05) is 13.2 Å². The molecule has 1 fully saturated rings. The summed E-state index contributed by atoms with van der Waals surface area (Å²) in [7, 11) is 0. The van der Waals surface area contributed by atoms with Gasteiger partial charge in [-0.1, -0.05) is 11.6 Å². The Morgan fingerprint density at radius 3 is 2.56 bits per heavy atom. The van der Waals surface area contributed by atoms with E-state index >= 15 is 0 Å². The van der Waals surface area contributed by atoms with Gasteiger partial charge in [-0.15, -0.1) is 0 Å². The second kappa shape index (κ2) is 3.71. The van der Waals surface area contributed by atoms with Crippen molar-refractivity contribution in [1.82, 2.24) is 0 Å². The van der Waals surface area contributed by atoms with E-state index < -0.39 is 11.5 Å². The van der Waals surface area contributed by atoms with Gasteiger partial charge in [0.15, 0.2) is 11.5 Å². The third kappa shape index (κ3) is 1.65. The van der Waals surface area contributed by atoms with Crippen LogP contribution in [0.3, 0.4) is 0 Å². The lowest BCUT2D eigenvalue weighted by Gasteiger charge is -2.15. The summed E-state index contributed by atoms with van der Waals surface area (Å²) in [5.74, 6) is -2.08. The molecule has 0 radical (unpaired) electrons. The molecule has 1 heterocycles. The summed E-state index contributed by atoms with van der Waals surface area (Å²) in [4.78, 5) is 0. The Bertz CT molecular complexity index is 509. The molecular formula is C12H12ClF2NO2. The third-order valence-corrected chi connectivity index (χ3v) is 3.63. The average molecular weight is 276 g/mol. The molecule has 1 aliphatic heterocycles. The molecule has 1 unspecified atom stereocenters. The van der Waals surface area contributed by atoms with E-state index in [0.717, 1.165) is 6.42 Å². The smallest absolute Gasteiger partial charge is 0.272 e. The summed E-state index contributed by atoms with van der Waals surface area (Å²) < 4.78 is 37.4. The quantitative estimate of drug-likeness (QED) is 0.857. The van der Waals surface area contributed by atoms with E-state index in [1.165, 1.54) is 12.1 Å². The monoisotopic (exact) mass is 275 g/mol. The highest BCUT2D eigenvalue weighted by Crippen LogP contribution is 2.59. The molecule has 0 spiro atoms. The van der Waals surface area contributed by atoms with E-state index in [1.807, 2.05) is 0 Å². The van der Waals surface area contributed by atoms with Crippen molar-refractivity contribution >= 4 is 11.6 Å². The highest BCUT2D eigenvalue weighted by atomic mass is 35.5. The van der Waals surface area contributed by atoms with E-state index in [0.29, 0.717) is 30.3 Å². The Morgan fingerprint density at radius 2 is 1.89 bits per heavy atom. The largest absolute Gasteiger partial charge is 0.489 e. The molecule has 2 aliphatic rings. The number of rotatable bonds is 1. The van der Waals surface area contributed by atoms with Gasteiger partial charge in [0.2, 0.25) is 0 Å². The fourth-order valence-corrected chi connectivity index (χ4v) is 2.37. The lowest BCUT2D eigenvalue weighted by molar-refractivity contribution is 0.0890. The second-order valence-corrected chi connectivity index (χ2v) is 5.10. The minimum atomic E-state index is -2.88. The summed E-state index contributed by atoms with van der Waals surface area (Å²) in [5, 5.41) is 0.261. The van der Waals surface area contributed by atoms with Gasteiger partial charge in [0.25, 0.3) is 5.92 Å². The molecule has 0 amide bonds. The predicted molar refractivity (Wildman–Crippen MR) is 62.5 cm³/mol. The summed E-state index contributed by atoms with van der Waals surface area (Å²) in [6.07, 6.45) is 0.361. The molecule has 1 aromatic rings. The van der Waals surface area contributed by atoms with Gasteiger partial charge >= 0.3 is 0 Å². The number of fused-ring (bicyclic) bond motifs is 1. The maximum Gasteiger partial charge on any atom is 0.272 e. The van der Waals surface area contributed by atoms with Crippen molar-refractivity contribution in [2.45, 2.75) is 24.3 Å². The average Bonchev–Trinajstić information content (AvgIpc) is 2.90. The Labute approximate surface area is 108 Å². The van der Waals surface area contributed by atoms with Crippen LogP contribution in [-0.4, -0.2) is 19.1 Å². The van der Waals surface area contributed by atoms with Crippen LogP contribution in [-0.2, 0) is 5.54 Å². The topological polar surface area (TPSA) is 44.5 Å². The van der Waals surface area contributed by atoms with Gasteiger partial charge in [0.1, 0.15) is 5.54 Å². The van der Waals surface area contributed by atoms with Crippen molar-refractivity contribution in [3.8, 4) is 11.5 Å². The minimum Gasteiger partial charge on any atom is -0.489 e. The van der Waals surface area contributed by atoms with E-state index in [1.54, 1.807) is 0 Å². The first-order valence-electron chi connectivity index (χ1n) is 5.70. The molecule has 2 N–H and O–H groups in total. The van der Waals surface area contributed by atoms with Gasteiger partial charge in [-0.25, -0.2) is 8.78 Å². The molecule has 0 bridgehead atoms. The van der Waals surface area contributed by atoms with Crippen molar-refractivity contribution in [1.29, 1.82) is 0 Å². The molecule has 18 heavy (non-hydrogen) atoms. The van der Waals surface area contributed by atoms with Gasteiger partial charge in [-0.05, 0) is 17.7 Å². The highest BCUT2D eigenvalue weighted by molar-refractivity contribution is 6.32. The van der Waals surface area contributed by atoms with Crippen molar-refractivity contribution < 1.29 is 18.3 Å². The van der Waals surface area contributed by atoms with Crippen LogP contribution in [0.1, 0.15) is 18.4 Å². The Hall–Kier alpha value is -1.07. The summed E-state index contributed by atoms with van der Waals surface area (Å²) in [5.41, 5.74) is 4.35. The molecule has 1 atom stereocenters. The zero-order valence-electron chi connectivity index (χ0n) is 9.51. The number of hydrogen-bond donors (Lipinski definition) is 1. The van der Waals surface area contributed by atoms with E-state index in [-0.39, 0.29) is 11.4 Å². The molecule has 0 saturated heterocycles. The second-order valence-electron chi connectivity index (χ2n) is 4.69. The molecule has 3 nitrogen and oxygen atoms in total. The summed E-state index contributed by atoms with van der Waals surface area (Å²) >= 11 is 6.04. The standard InChI is InChI=1S/C12H12ClF2NO2/c13-8-4-7(11(16)6-12(11,14)15)5-9-10(8)18-3-1-2-17-9/h4-5H,1-3,6,16H2. The Balaban J connectivity index is 2.04. The molecule has 1 aliphatic carbocycles. The normalized spacial score (nSPS) is 28.7. The van der Waals surface area contributed by atoms with E-state index in [9.17, 15) is 8.78 Å². The van der Waals surface area contributed by atoms with Crippen LogP contribution in [0.2, 0.25) is 5.02 Å². The number of alkyl halides is 2. The van der Waals surface area contributed by atoms with Crippen molar-refractivity contribution in [2.24, 2.45) is 5.73 Å². The number of benzene rings is 1. The van der Waals surface area contributed by atoms with E-state index in [4.69, 9.17) is 26.8 Å². The van der Waals surface area contributed by atoms with Gasteiger partial charge in [-0.2, -0.15) is 0 Å². The zero-order chi connectivity index (χ0) is 13.0.